The van der Waals surface area contributed by atoms with Crippen LogP contribution in [-0.2, 0) is 109 Å². The van der Waals surface area contributed by atoms with Gasteiger partial charge >= 0.3 is 43.2 Å². The highest BCUT2D eigenvalue weighted by molar-refractivity contribution is 7.83. The Labute approximate surface area is 402 Å². The molecule has 382 valence electrons. The molecule has 24 nitrogen and oxygen atoms in total. The summed E-state index contributed by atoms with van der Waals surface area (Å²) in [6, 6.07) is 31.5. The van der Waals surface area contributed by atoms with E-state index in [9.17, 15) is 53.6 Å². The van der Waals surface area contributed by atoms with Gasteiger partial charge in [0.15, 0.2) is 24.8 Å². The van der Waals surface area contributed by atoms with E-state index in [1.165, 1.54) is 0 Å². The van der Waals surface area contributed by atoms with Crippen LogP contribution in [-0.4, -0.2) is 137 Å². The van der Waals surface area contributed by atoms with Crippen LogP contribution in [0.15, 0.2) is 121 Å². The van der Waals surface area contributed by atoms with E-state index < -0.39 is 124 Å². The van der Waals surface area contributed by atoms with E-state index in [0.29, 0.717) is 22.3 Å². The highest BCUT2D eigenvalue weighted by Gasteiger charge is 2.57. The highest BCUT2D eigenvalue weighted by atomic mass is 32.3. The zero-order valence-corrected chi connectivity index (χ0v) is 39.1. The number of carbonyl (C=O) groups is 2. The van der Waals surface area contributed by atoms with E-state index in [-0.39, 0.29) is 26.4 Å². The number of alkyl carbamates (subject to hydrolysis) is 1. The Morgan fingerprint density at radius 1 is 0.557 bits per heavy atom. The van der Waals surface area contributed by atoms with Crippen LogP contribution in [0.5, 0.6) is 0 Å². The number of hydrogen-bond donors (Lipinski definition) is 6. The van der Waals surface area contributed by atoms with Gasteiger partial charge in [-0.25, -0.2) is 18.0 Å². The number of rotatable bonds is 25. The van der Waals surface area contributed by atoms with E-state index in [2.05, 4.69) is 5.32 Å². The fraction of sp³-hybridized carbons (Fsp3) is 0.395. The molecule has 0 aliphatic carbocycles. The van der Waals surface area contributed by atoms with Crippen molar-refractivity contribution >= 4 is 43.2 Å². The van der Waals surface area contributed by atoms with Gasteiger partial charge in [-0.3, -0.25) is 13.7 Å². The number of aliphatic carboxylic acids is 1. The minimum absolute atomic E-state index is 0.0907. The third-order valence-corrected chi connectivity index (χ3v) is 11.8. The molecule has 4 aromatic carbocycles. The zero-order chi connectivity index (χ0) is 50.3. The fourth-order valence-corrected chi connectivity index (χ4v) is 8.66. The van der Waals surface area contributed by atoms with Gasteiger partial charge in [0, 0.05) is 6.54 Å². The van der Waals surface area contributed by atoms with Crippen molar-refractivity contribution < 1.29 is 99.9 Å². The average Bonchev–Trinajstić information content (AvgIpc) is 3.31. The normalized spacial score (nSPS) is 25.2. The van der Waals surface area contributed by atoms with Gasteiger partial charge in [0.2, 0.25) is 0 Å². The lowest BCUT2D eigenvalue weighted by Gasteiger charge is -2.49. The van der Waals surface area contributed by atoms with Crippen molar-refractivity contribution in [2.75, 3.05) is 19.8 Å². The lowest BCUT2D eigenvalue weighted by atomic mass is 9.95. The van der Waals surface area contributed by atoms with Gasteiger partial charge in [0.25, 0.3) is 0 Å². The molecule has 6 rings (SSSR count). The Kier molecular flexibility index (Phi) is 19.7. The fourth-order valence-electron chi connectivity index (χ4n) is 7.29. The number of hydrogen-bond acceptors (Lipinski definition) is 18. The molecule has 2 aliphatic heterocycles. The second-order valence-corrected chi connectivity index (χ2v) is 18.7. The van der Waals surface area contributed by atoms with Crippen molar-refractivity contribution in [2.45, 2.75) is 87.8 Å². The summed E-state index contributed by atoms with van der Waals surface area (Å²) in [7, 11) is -16.0. The van der Waals surface area contributed by atoms with E-state index in [1.54, 1.807) is 121 Å². The van der Waals surface area contributed by atoms with Gasteiger partial charge in [0.05, 0.1) is 33.0 Å². The Morgan fingerprint density at radius 2 is 1.04 bits per heavy atom. The Balaban J connectivity index is 1.36. The number of ether oxygens (including phenoxy) is 8. The lowest BCUT2D eigenvalue weighted by molar-refractivity contribution is -0.346. The average molecular weight is 1040 g/mol. The van der Waals surface area contributed by atoms with Gasteiger partial charge < -0.3 is 48.3 Å². The predicted molar refractivity (Wildman–Crippen MR) is 238 cm³/mol. The van der Waals surface area contributed by atoms with Crippen LogP contribution in [0.1, 0.15) is 22.3 Å². The van der Waals surface area contributed by atoms with Crippen LogP contribution in [0.2, 0.25) is 0 Å². The van der Waals surface area contributed by atoms with Crippen LogP contribution in [0, 0.1) is 0 Å². The molecule has 0 aromatic heterocycles. The van der Waals surface area contributed by atoms with E-state index in [4.69, 9.17) is 46.3 Å². The molecule has 70 heavy (non-hydrogen) atoms. The molecule has 0 bridgehead atoms. The number of amides is 1. The molecule has 0 saturated carbocycles. The molecule has 0 radical (unpaired) electrons. The number of nitrogens with one attached hydrogen (secondary N) is 2. The summed E-state index contributed by atoms with van der Waals surface area (Å²) in [5.74, 6) is -1.82. The van der Waals surface area contributed by atoms with Crippen LogP contribution in [0.25, 0.3) is 0 Å². The first kappa shape index (κ1) is 54.3. The third-order valence-electron chi connectivity index (χ3n) is 10.3. The van der Waals surface area contributed by atoms with Gasteiger partial charge in [-0.2, -0.15) is 30.0 Å². The predicted octanol–water partition coefficient (Wildman–Crippen LogP) is 2.37. The summed E-state index contributed by atoms with van der Waals surface area (Å²) in [4.78, 5) is 25.6. The van der Waals surface area contributed by atoms with Crippen LogP contribution in [0.3, 0.4) is 0 Å². The standard InChI is InChI=1S/C43H50N2O22S3/c46-40(47)38-37(36(61-25-30-17-9-3-10-18-30)39(67-70(55,56)57)42(66-38)58-22-21-44-43(48)62-26-31-19-11-4-12-20-31)65-41-33(45-68(49,50)51)35(60-24-29-15-7-2-8-16-29)34(32(64-41)27-63-69(52,53)54)59-23-28-13-5-1-6-14-28/h1-20,32-39,41-42,45H,21-27H2,(H,44,48)(H,46,47)(H,49,50,51)(H,52,53,54)(H,55,56,57)/t32-,33-,34-,35-,36+,37+,38-,39-,41-,42-/m1/s1. The summed E-state index contributed by atoms with van der Waals surface area (Å²) < 4.78 is 164. The van der Waals surface area contributed by atoms with Crippen molar-refractivity contribution in [3.05, 3.63) is 144 Å². The molecular formula is C43H50N2O22S3. The van der Waals surface area contributed by atoms with Gasteiger partial charge in [-0.15, -0.1) is 0 Å². The maximum atomic E-state index is 13.2. The summed E-state index contributed by atoms with van der Waals surface area (Å²) in [6.07, 6.45) is -18.8. The molecule has 0 spiro atoms. The molecule has 2 saturated heterocycles. The molecule has 6 N–H and O–H groups in total. The molecule has 27 heteroatoms. The number of benzene rings is 4. The summed E-state index contributed by atoms with van der Waals surface area (Å²) in [6.45, 7) is -3.01. The molecule has 2 heterocycles. The first-order valence-electron chi connectivity index (χ1n) is 21.1. The molecule has 10 atom stereocenters. The molecule has 1 amide bonds. The summed E-state index contributed by atoms with van der Waals surface area (Å²) in [5.41, 5.74) is 2.18. The second-order valence-electron chi connectivity index (χ2n) is 15.4. The minimum atomic E-state index is -5.51. The van der Waals surface area contributed by atoms with Crippen LogP contribution < -0.4 is 10.0 Å². The van der Waals surface area contributed by atoms with Gasteiger partial charge in [-0.1, -0.05) is 121 Å². The van der Waals surface area contributed by atoms with E-state index >= 15 is 0 Å². The summed E-state index contributed by atoms with van der Waals surface area (Å²) >= 11 is 0. The largest absolute Gasteiger partial charge is 0.479 e. The Hall–Kier alpha value is -5.05. The molecule has 2 aliphatic rings. The maximum absolute atomic E-state index is 13.2. The number of carbonyl (C=O) groups excluding carboxylic acids is 1. The lowest BCUT2D eigenvalue weighted by Crippen LogP contribution is -2.69. The quantitative estimate of drug-likeness (QED) is 0.0410. The Morgan fingerprint density at radius 3 is 1.51 bits per heavy atom. The zero-order valence-electron chi connectivity index (χ0n) is 36.6. The molecule has 2 fully saturated rings. The van der Waals surface area contributed by atoms with E-state index in [1.807, 2.05) is 4.72 Å². The first-order chi connectivity index (χ1) is 33.3. The number of carboxylic acid groups (broad SMARTS) is 1. The molecular weight excluding hydrogens is 993 g/mol. The van der Waals surface area contributed by atoms with Crippen molar-refractivity contribution in [2.24, 2.45) is 0 Å². The van der Waals surface area contributed by atoms with E-state index in [0.717, 1.165) is 0 Å². The van der Waals surface area contributed by atoms with Crippen molar-refractivity contribution in [1.82, 2.24) is 10.0 Å². The van der Waals surface area contributed by atoms with Crippen molar-refractivity contribution in [3.63, 3.8) is 0 Å². The van der Waals surface area contributed by atoms with Crippen molar-refractivity contribution in [3.8, 4) is 0 Å². The van der Waals surface area contributed by atoms with Crippen LogP contribution in [0.4, 0.5) is 4.79 Å². The minimum Gasteiger partial charge on any atom is -0.479 e. The maximum Gasteiger partial charge on any atom is 0.407 e. The first-order valence-corrected chi connectivity index (χ1v) is 25.2. The highest BCUT2D eigenvalue weighted by Crippen LogP contribution is 2.36. The second kappa shape index (κ2) is 25.4. The smallest absolute Gasteiger partial charge is 0.407 e. The Bertz CT molecular complexity index is 2610. The van der Waals surface area contributed by atoms with Crippen molar-refractivity contribution in [1.29, 1.82) is 0 Å². The monoisotopic (exact) mass is 1040 g/mol. The third kappa shape index (κ3) is 17.4. The topological polar surface area (TPSA) is 334 Å². The van der Waals surface area contributed by atoms with Gasteiger partial charge in [0.1, 0.15) is 43.2 Å². The summed E-state index contributed by atoms with van der Waals surface area (Å²) in [5, 5.41) is 13.1. The van der Waals surface area contributed by atoms with Gasteiger partial charge in [-0.05, 0) is 22.3 Å². The molecule has 0 unspecified atom stereocenters. The SMILES string of the molecule is O=C(NCCO[C@@H]1O[C@@H](C(=O)O)[C@@H](O[C@H]2O[C@H](COS(=O)(=O)O)[C@@H](OCc3ccccc3)[C@H](OCc3ccccc3)[C@H]2NS(=O)(=O)O)[C@H](OCc2ccccc2)[C@H]1OS(=O)(=O)O)OCc1ccccc1. The molecule has 4 aromatic rings. The number of carboxylic acids is 1. The van der Waals surface area contributed by atoms with Crippen LogP contribution >= 0.6 is 0 Å².